The fourth-order valence-corrected chi connectivity index (χ4v) is 1.86. The average Bonchev–Trinajstić information content (AvgIpc) is 2.29. The number of aromatic nitrogens is 1. The van der Waals surface area contributed by atoms with E-state index in [9.17, 15) is 0 Å². The first kappa shape index (κ1) is 11.4. The molecule has 0 aliphatic rings. The van der Waals surface area contributed by atoms with Crippen molar-refractivity contribution in [3.05, 3.63) is 34.9 Å². The van der Waals surface area contributed by atoms with Crippen LogP contribution in [0.25, 0.3) is 10.9 Å². The first-order valence-corrected chi connectivity index (χ1v) is 6.27. The highest BCUT2D eigenvalue weighted by atomic mass is 79.9. The van der Waals surface area contributed by atoms with Gasteiger partial charge in [-0.25, -0.2) is 0 Å². The van der Waals surface area contributed by atoms with Gasteiger partial charge in [-0.15, -0.1) is 0 Å². The van der Waals surface area contributed by atoms with Crippen LogP contribution in [0.3, 0.4) is 0 Å². The summed E-state index contributed by atoms with van der Waals surface area (Å²) in [5, 5.41) is 1.10. The van der Waals surface area contributed by atoms with Crippen molar-refractivity contribution in [3.63, 3.8) is 0 Å². The van der Waals surface area contributed by atoms with Gasteiger partial charge in [0.25, 0.3) is 0 Å². The standard InChI is InChI=1S/C13H14BrNO/c1-2-3-6-16-12-4-5-13-10(8-12)7-11(14)9-15-13/h4-5,7-9H,2-3,6H2,1H3. The average molecular weight is 280 g/mol. The molecule has 0 radical (unpaired) electrons. The van der Waals surface area contributed by atoms with Gasteiger partial charge in [-0.05, 0) is 46.6 Å². The van der Waals surface area contributed by atoms with Gasteiger partial charge in [0, 0.05) is 16.1 Å². The van der Waals surface area contributed by atoms with Crippen LogP contribution in [0.2, 0.25) is 0 Å². The van der Waals surface area contributed by atoms with Gasteiger partial charge < -0.3 is 4.74 Å². The van der Waals surface area contributed by atoms with Gasteiger partial charge in [0.05, 0.1) is 12.1 Å². The molecule has 0 bridgehead atoms. The summed E-state index contributed by atoms with van der Waals surface area (Å²) in [6, 6.07) is 8.04. The van der Waals surface area contributed by atoms with Crippen LogP contribution in [0.15, 0.2) is 34.9 Å². The quantitative estimate of drug-likeness (QED) is 0.784. The zero-order valence-corrected chi connectivity index (χ0v) is 10.8. The second kappa shape index (κ2) is 5.30. The highest BCUT2D eigenvalue weighted by Crippen LogP contribution is 2.22. The molecule has 1 aromatic heterocycles. The number of hydrogen-bond donors (Lipinski definition) is 0. The van der Waals surface area contributed by atoms with Gasteiger partial charge in [0.15, 0.2) is 0 Å². The van der Waals surface area contributed by atoms with Crippen molar-refractivity contribution in [2.45, 2.75) is 19.8 Å². The number of fused-ring (bicyclic) bond motifs is 1. The highest BCUT2D eigenvalue weighted by Gasteiger charge is 1.99. The van der Waals surface area contributed by atoms with Crippen LogP contribution < -0.4 is 4.74 Å². The fourth-order valence-electron chi connectivity index (χ4n) is 1.51. The minimum Gasteiger partial charge on any atom is -0.494 e. The number of benzene rings is 1. The topological polar surface area (TPSA) is 22.1 Å². The summed E-state index contributed by atoms with van der Waals surface area (Å²) in [4.78, 5) is 4.32. The van der Waals surface area contributed by atoms with Gasteiger partial charge in [0.1, 0.15) is 5.75 Å². The van der Waals surface area contributed by atoms with Crippen molar-refractivity contribution in [2.75, 3.05) is 6.61 Å². The van der Waals surface area contributed by atoms with Gasteiger partial charge in [-0.2, -0.15) is 0 Å². The first-order chi connectivity index (χ1) is 7.79. The lowest BCUT2D eigenvalue weighted by Crippen LogP contribution is -1.96. The molecule has 2 aromatic rings. The van der Waals surface area contributed by atoms with Crippen molar-refractivity contribution in [1.29, 1.82) is 0 Å². The largest absolute Gasteiger partial charge is 0.494 e. The second-order valence-electron chi connectivity index (χ2n) is 3.71. The third-order valence-corrected chi connectivity index (χ3v) is 2.82. The monoisotopic (exact) mass is 279 g/mol. The van der Waals surface area contributed by atoms with Crippen molar-refractivity contribution < 1.29 is 4.74 Å². The second-order valence-corrected chi connectivity index (χ2v) is 4.63. The molecule has 1 aromatic carbocycles. The molecule has 3 heteroatoms. The number of nitrogens with zero attached hydrogens (tertiary/aromatic N) is 1. The van der Waals surface area contributed by atoms with E-state index in [0.29, 0.717) is 0 Å². The molecule has 0 saturated heterocycles. The van der Waals surface area contributed by atoms with E-state index in [0.717, 1.165) is 40.6 Å². The van der Waals surface area contributed by atoms with E-state index in [1.165, 1.54) is 0 Å². The summed E-state index contributed by atoms with van der Waals surface area (Å²) in [6.07, 6.45) is 4.05. The summed E-state index contributed by atoms with van der Waals surface area (Å²) in [5.74, 6) is 0.917. The molecule has 84 valence electrons. The van der Waals surface area contributed by atoms with Gasteiger partial charge in [-0.3, -0.25) is 4.98 Å². The van der Waals surface area contributed by atoms with E-state index < -0.39 is 0 Å². The summed E-state index contributed by atoms with van der Waals surface area (Å²) in [7, 11) is 0. The fraction of sp³-hybridized carbons (Fsp3) is 0.308. The Morgan fingerprint density at radius 3 is 3.00 bits per heavy atom. The molecule has 0 aliphatic carbocycles. The van der Waals surface area contributed by atoms with E-state index in [4.69, 9.17) is 4.74 Å². The summed E-state index contributed by atoms with van der Waals surface area (Å²) < 4.78 is 6.64. The Balaban J connectivity index is 2.21. The van der Waals surface area contributed by atoms with Crippen LogP contribution in [0, 0.1) is 0 Å². The summed E-state index contributed by atoms with van der Waals surface area (Å²) >= 11 is 3.42. The molecule has 0 spiro atoms. The Bertz CT molecular complexity index is 484. The molecule has 0 amide bonds. The Morgan fingerprint density at radius 1 is 1.31 bits per heavy atom. The molecule has 16 heavy (non-hydrogen) atoms. The van der Waals surface area contributed by atoms with Gasteiger partial charge in [-0.1, -0.05) is 13.3 Å². The van der Waals surface area contributed by atoms with E-state index in [2.05, 4.69) is 33.9 Å². The third kappa shape index (κ3) is 2.73. The number of rotatable bonds is 4. The van der Waals surface area contributed by atoms with Crippen LogP contribution in [-0.4, -0.2) is 11.6 Å². The Morgan fingerprint density at radius 2 is 2.19 bits per heavy atom. The van der Waals surface area contributed by atoms with Crippen molar-refractivity contribution in [3.8, 4) is 5.75 Å². The summed E-state index contributed by atoms with van der Waals surface area (Å²) in [5.41, 5.74) is 0.992. The molecule has 2 nitrogen and oxygen atoms in total. The van der Waals surface area contributed by atoms with Gasteiger partial charge >= 0.3 is 0 Å². The van der Waals surface area contributed by atoms with Crippen LogP contribution in [0.1, 0.15) is 19.8 Å². The minimum atomic E-state index is 0.781. The lowest BCUT2D eigenvalue weighted by atomic mass is 10.2. The normalized spacial score (nSPS) is 10.6. The van der Waals surface area contributed by atoms with E-state index in [1.54, 1.807) is 6.20 Å². The van der Waals surface area contributed by atoms with Crippen molar-refractivity contribution in [1.82, 2.24) is 4.98 Å². The Kier molecular flexibility index (Phi) is 3.78. The predicted octanol–water partition coefficient (Wildman–Crippen LogP) is 4.18. The van der Waals surface area contributed by atoms with Crippen molar-refractivity contribution in [2.24, 2.45) is 0 Å². The molecule has 0 saturated carbocycles. The van der Waals surface area contributed by atoms with Gasteiger partial charge in [0.2, 0.25) is 0 Å². The predicted molar refractivity (Wildman–Crippen MR) is 69.8 cm³/mol. The summed E-state index contributed by atoms with van der Waals surface area (Å²) in [6.45, 7) is 2.94. The maximum Gasteiger partial charge on any atom is 0.120 e. The number of unbranched alkanes of at least 4 members (excludes halogenated alkanes) is 1. The lowest BCUT2D eigenvalue weighted by Gasteiger charge is -2.06. The van der Waals surface area contributed by atoms with Crippen molar-refractivity contribution >= 4 is 26.8 Å². The number of halogens is 1. The molecular weight excluding hydrogens is 266 g/mol. The number of hydrogen-bond acceptors (Lipinski definition) is 2. The van der Waals surface area contributed by atoms with Crippen LogP contribution in [0.4, 0.5) is 0 Å². The highest BCUT2D eigenvalue weighted by molar-refractivity contribution is 9.10. The van der Waals surface area contributed by atoms with E-state index >= 15 is 0 Å². The molecule has 2 rings (SSSR count). The maximum absolute atomic E-state index is 5.65. The maximum atomic E-state index is 5.65. The first-order valence-electron chi connectivity index (χ1n) is 5.47. The van der Waals surface area contributed by atoms with Crippen LogP contribution in [-0.2, 0) is 0 Å². The van der Waals surface area contributed by atoms with Crippen LogP contribution >= 0.6 is 15.9 Å². The molecule has 0 N–H and O–H groups in total. The zero-order chi connectivity index (χ0) is 11.4. The number of pyridine rings is 1. The zero-order valence-electron chi connectivity index (χ0n) is 9.24. The van der Waals surface area contributed by atoms with E-state index in [1.807, 2.05) is 18.2 Å². The van der Waals surface area contributed by atoms with E-state index in [-0.39, 0.29) is 0 Å². The number of ether oxygens (including phenoxy) is 1. The molecule has 0 atom stereocenters. The Hall–Kier alpha value is -1.09. The lowest BCUT2D eigenvalue weighted by molar-refractivity contribution is 0.310. The molecule has 0 aliphatic heterocycles. The third-order valence-electron chi connectivity index (χ3n) is 2.39. The molecule has 0 unspecified atom stereocenters. The molecule has 1 heterocycles. The molecular formula is C13H14BrNO. The smallest absolute Gasteiger partial charge is 0.120 e. The van der Waals surface area contributed by atoms with Crippen LogP contribution in [0.5, 0.6) is 5.75 Å². The Labute approximate surface area is 104 Å². The molecule has 0 fully saturated rings. The SMILES string of the molecule is CCCCOc1ccc2ncc(Br)cc2c1. The minimum absolute atomic E-state index is 0.781.